The van der Waals surface area contributed by atoms with E-state index in [-0.39, 0.29) is 17.3 Å². The van der Waals surface area contributed by atoms with Gasteiger partial charge >= 0.3 is 0 Å². The molecule has 19 heavy (non-hydrogen) atoms. The molecule has 1 fully saturated rings. The summed E-state index contributed by atoms with van der Waals surface area (Å²) in [6.07, 6.45) is 0.902. The predicted molar refractivity (Wildman–Crippen MR) is 70.1 cm³/mol. The lowest BCUT2D eigenvalue weighted by atomic mass is 10.1. The van der Waals surface area contributed by atoms with E-state index < -0.39 is 4.92 Å². The average Bonchev–Trinajstić information content (AvgIpc) is 2.62. The van der Waals surface area contributed by atoms with Crippen molar-refractivity contribution in [3.8, 4) is 6.07 Å². The smallest absolute Gasteiger partial charge is 0.287 e. The summed E-state index contributed by atoms with van der Waals surface area (Å²) in [5.74, 6) is 0. The number of hydrogen-bond acceptors (Lipinski definition) is 5. The van der Waals surface area contributed by atoms with E-state index in [1.165, 1.54) is 6.07 Å². The van der Waals surface area contributed by atoms with Gasteiger partial charge in [0.15, 0.2) is 0 Å². The molecule has 0 amide bonds. The minimum Gasteiger partial charge on any atom is -0.380 e. The maximum atomic E-state index is 10.8. The van der Waals surface area contributed by atoms with Gasteiger partial charge in [-0.05, 0) is 25.5 Å². The van der Waals surface area contributed by atoms with Crippen molar-refractivity contribution in [2.75, 3.05) is 24.7 Å². The highest BCUT2D eigenvalue weighted by molar-refractivity contribution is 5.60. The largest absolute Gasteiger partial charge is 0.380 e. The molecule has 1 aliphatic rings. The fraction of sp³-hybridized carbons (Fsp3) is 0.462. The van der Waals surface area contributed by atoms with Crippen LogP contribution in [0.4, 0.5) is 11.4 Å². The van der Waals surface area contributed by atoms with Crippen LogP contribution in [0.2, 0.25) is 0 Å². The number of rotatable bonds is 2. The van der Waals surface area contributed by atoms with E-state index in [4.69, 9.17) is 10.00 Å². The fourth-order valence-corrected chi connectivity index (χ4v) is 2.23. The van der Waals surface area contributed by atoms with E-state index in [0.29, 0.717) is 6.61 Å². The Bertz CT molecular complexity index is 524. The SMILES string of the molecule is C[C@@H]1CCOCCN1c1ccc([N+](=O)[O-])c(C#N)c1. The monoisotopic (exact) mass is 261 g/mol. The Balaban J connectivity index is 2.35. The first-order chi connectivity index (χ1) is 9.13. The fourth-order valence-electron chi connectivity index (χ4n) is 2.23. The van der Waals surface area contributed by atoms with Crippen LogP contribution < -0.4 is 4.90 Å². The minimum absolute atomic E-state index is 0.0971. The van der Waals surface area contributed by atoms with Crippen LogP contribution in [0.25, 0.3) is 0 Å². The Kier molecular flexibility index (Phi) is 3.97. The molecule has 0 aromatic heterocycles. The highest BCUT2D eigenvalue weighted by Crippen LogP contribution is 2.26. The van der Waals surface area contributed by atoms with E-state index in [0.717, 1.165) is 25.3 Å². The van der Waals surface area contributed by atoms with E-state index in [1.54, 1.807) is 12.1 Å². The third kappa shape index (κ3) is 2.83. The van der Waals surface area contributed by atoms with E-state index >= 15 is 0 Å². The second-order valence-electron chi connectivity index (χ2n) is 4.51. The van der Waals surface area contributed by atoms with Gasteiger partial charge in [0.2, 0.25) is 0 Å². The molecule has 1 aromatic carbocycles. The molecule has 1 atom stereocenters. The van der Waals surface area contributed by atoms with Gasteiger partial charge in [-0.15, -0.1) is 0 Å². The van der Waals surface area contributed by atoms with Gasteiger partial charge in [0.1, 0.15) is 11.6 Å². The number of hydrogen-bond donors (Lipinski definition) is 0. The van der Waals surface area contributed by atoms with Crippen molar-refractivity contribution in [3.63, 3.8) is 0 Å². The number of nitrogens with zero attached hydrogens (tertiary/aromatic N) is 3. The van der Waals surface area contributed by atoms with Crippen LogP contribution >= 0.6 is 0 Å². The molecule has 0 saturated carbocycles. The van der Waals surface area contributed by atoms with Gasteiger partial charge < -0.3 is 9.64 Å². The predicted octanol–water partition coefficient (Wildman–Crippen LogP) is 2.08. The van der Waals surface area contributed by atoms with Crippen LogP contribution in [0.3, 0.4) is 0 Å². The Labute approximate surface area is 111 Å². The molecule has 1 aromatic rings. The van der Waals surface area contributed by atoms with Crippen molar-refractivity contribution >= 4 is 11.4 Å². The molecule has 100 valence electrons. The lowest BCUT2D eigenvalue weighted by molar-refractivity contribution is -0.385. The highest BCUT2D eigenvalue weighted by Gasteiger charge is 2.21. The van der Waals surface area contributed by atoms with Crippen molar-refractivity contribution in [1.82, 2.24) is 0 Å². The minimum atomic E-state index is -0.530. The third-order valence-corrected chi connectivity index (χ3v) is 3.32. The summed E-state index contributed by atoms with van der Waals surface area (Å²) in [6, 6.07) is 6.85. The lowest BCUT2D eigenvalue weighted by Gasteiger charge is -2.28. The zero-order valence-corrected chi connectivity index (χ0v) is 10.7. The van der Waals surface area contributed by atoms with Gasteiger partial charge in [-0.3, -0.25) is 10.1 Å². The second-order valence-corrected chi connectivity index (χ2v) is 4.51. The molecule has 0 radical (unpaired) electrons. The normalized spacial score (nSPS) is 19.6. The summed E-state index contributed by atoms with van der Waals surface area (Å²) in [7, 11) is 0. The Morgan fingerprint density at radius 1 is 1.53 bits per heavy atom. The van der Waals surface area contributed by atoms with Crippen LogP contribution in [0.5, 0.6) is 0 Å². The maximum absolute atomic E-state index is 10.8. The average molecular weight is 261 g/mol. The van der Waals surface area contributed by atoms with Crippen LogP contribution in [-0.2, 0) is 4.74 Å². The summed E-state index contributed by atoms with van der Waals surface area (Å²) in [4.78, 5) is 12.4. The molecule has 6 nitrogen and oxygen atoms in total. The highest BCUT2D eigenvalue weighted by atomic mass is 16.6. The van der Waals surface area contributed by atoms with Gasteiger partial charge in [0.25, 0.3) is 5.69 Å². The molecule has 0 N–H and O–H groups in total. The van der Waals surface area contributed by atoms with E-state index in [9.17, 15) is 10.1 Å². The zero-order valence-electron chi connectivity index (χ0n) is 10.7. The first kappa shape index (κ1) is 13.3. The van der Waals surface area contributed by atoms with Crippen molar-refractivity contribution < 1.29 is 9.66 Å². The first-order valence-corrected chi connectivity index (χ1v) is 6.16. The molecule has 0 aliphatic carbocycles. The molecule has 1 saturated heterocycles. The zero-order chi connectivity index (χ0) is 13.8. The van der Waals surface area contributed by atoms with Gasteiger partial charge in [0.05, 0.1) is 11.5 Å². The van der Waals surface area contributed by atoms with Crippen LogP contribution in [0.15, 0.2) is 18.2 Å². The molecule has 1 heterocycles. The van der Waals surface area contributed by atoms with Crippen LogP contribution in [-0.4, -0.2) is 30.7 Å². The summed E-state index contributed by atoms with van der Waals surface area (Å²) >= 11 is 0. The molecular formula is C13H15N3O3. The standard InChI is InChI=1S/C13H15N3O3/c1-10-4-6-19-7-5-15(10)12-2-3-13(16(17)18)11(8-12)9-14/h2-3,8,10H,4-7H2,1H3/t10-/m1/s1. The van der Waals surface area contributed by atoms with Gasteiger partial charge in [-0.2, -0.15) is 5.26 Å². The van der Waals surface area contributed by atoms with Crippen molar-refractivity contribution in [2.45, 2.75) is 19.4 Å². The Morgan fingerprint density at radius 3 is 3.00 bits per heavy atom. The van der Waals surface area contributed by atoms with E-state index in [1.807, 2.05) is 6.07 Å². The summed E-state index contributed by atoms with van der Waals surface area (Å²) < 4.78 is 5.42. The number of anilines is 1. The summed E-state index contributed by atoms with van der Waals surface area (Å²) in [5.41, 5.74) is 0.782. The molecule has 2 rings (SSSR count). The third-order valence-electron chi connectivity index (χ3n) is 3.32. The number of nitriles is 1. The maximum Gasteiger partial charge on any atom is 0.287 e. The topological polar surface area (TPSA) is 79.4 Å². The number of ether oxygens (including phenoxy) is 1. The van der Waals surface area contributed by atoms with Crippen molar-refractivity contribution in [2.24, 2.45) is 0 Å². The van der Waals surface area contributed by atoms with Crippen LogP contribution in [0.1, 0.15) is 18.9 Å². The van der Waals surface area contributed by atoms with Crippen molar-refractivity contribution in [1.29, 1.82) is 5.26 Å². The summed E-state index contributed by atoms with van der Waals surface area (Å²) in [5, 5.41) is 19.8. The van der Waals surface area contributed by atoms with Gasteiger partial charge in [-0.25, -0.2) is 0 Å². The van der Waals surface area contributed by atoms with E-state index in [2.05, 4.69) is 11.8 Å². The second kappa shape index (κ2) is 5.67. The molecular weight excluding hydrogens is 246 g/mol. The number of nitro groups is 1. The van der Waals surface area contributed by atoms with Gasteiger partial charge in [-0.1, -0.05) is 0 Å². The number of nitro benzene ring substituents is 1. The molecule has 6 heteroatoms. The molecule has 0 unspecified atom stereocenters. The molecule has 1 aliphatic heterocycles. The lowest BCUT2D eigenvalue weighted by Crippen LogP contribution is -2.33. The van der Waals surface area contributed by atoms with Crippen molar-refractivity contribution in [3.05, 3.63) is 33.9 Å². The Hall–Kier alpha value is -2.13. The first-order valence-electron chi connectivity index (χ1n) is 6.16. The molecule has 0 spiro atoms. The van der Waals surface area contributed by atoms with Crippen LogP contribution in [0, 0.1) is 21.4 Å². The summed E-state index contributed by atoms with van der Waals surface area (Å²) in [6.45, 7) is 4.16. The molecule has 0 bridgehead atoms. The number of benzene rings is 1. The Morgan fingerprint density at radius 2 is 2.32 bits per heavy atom. The van der Waals surface area contributed by atoms with Gasteiger partial charge in [0, 0.05) is 30.9 Å². The quantitative estimate of drug-likeness (QED) is 0.601.